The number of nitrogens with one attached hydrogen (secondary N) is 1. The van der Waals surface area contributed by atoms with Crippen LogP contribution in [0, 0.1) is 12.7 Å². The number of esters is 1. The quantitative estimate of drug-likeness (QED) is 0.677. The van der Waals surface area contributed by atoms with E-state index in [2.05, 4.69) is 5.32 Å². The highest BCUT2D eigenvalue weighted by Crippen LogP contribution is 2.27. The Kier molecular flexibility index (Phi) is 6.74. The zero-order valence-corrected chi connectivity index (χ0v) is 17.7. The van der Waals surface area contributed by atoms with Crippen molar-refractivity contribution in [1.82, 2.24) is 4.31 Å². The summed E-state index contributed by atoms with van der Waals surface area (Å²) in [5.74, 6) is -1.94. The number of hydrogen-bond donors (Lipinski definition) is 1. The van der Waals surface area contributed by atoms with Crippen LogP contribution in [0.2, 0.25) is 5.02 Å². The van der Waals surface area contributed by atoms with Gasteiger partial charge in [0.05, 0.1) is 4.90 Å². The monoisotopic (exact) mass is 454 g/mol. The maximum absolute atomic E-state index is 13.6. The van der Waals surface area contributed by atoms with E-state index in [9.17, 15) is 22.4 Å². The average molecular weight is 455 g/mol. The summed E-state index contributed by atoms with van der Waals surface area (Å²) in [4.78, 5) is 24.5. The van der Waals surface area contributed by atoms with Crippen LogP contribution in [0.15, 0.2) is 47.4 Å². The topological polar surface area (TPSA) is 92.8 Å². The standard InChI is InChI=1S/C20H20ClFN2O5S/c1-13-4-7-15(11-17(13)22)23-19(25)12-29-20(26)18-3-2-10-24(18)30(27,28)16-8-5-14(21)6-9-16/h4-9,11,18H,2-3,10,12H2,1H3,(H,23,25)/t18-/m0/s1. The van der Waals surface area contributed by atoms with Gasteiger partial charge in [-0.1, -0.05) is 17.7 Å². The van der Waals surface area contributed by atoms with E-state index >= 15 is 0 Å². The van der Waals surface area contributed by atoms with E-state index in [1.54, 1.807) is 6.92 Å². The Bertz CT molecular complexity index is 1060. The number of carbonyl (C=O) groups is 2. The fourth-order valence-corrected chi connectivity index (χ4v) is 4.88. The number of benzene rings is 2. The summed E-state index contributed by atoms with van der Waals surface area (Å²) in [7, 11) is -3.91. The zero-order valence-electron chi connectivity index (χ0n) is 16.1. The number of sulfonamides is 1. The van der Waals surface area contributed by atoms with Crippen LogP contribution in [0.4, 0.5) is 10.1 Å². The lowest BCUT2D eigenvalue weighted by Crippen LogP contribution is -2.42. The second kappa shape index (κ2) is 9.11. The lowest BCUT2D eigenvalue weighted by atomic mass is 10.2. The van der Waals surface area contributed by atoms with Crippen LogP contribution in [0.5, 0.6) is 0 Å². The molecule has 1 amide bonds. The van der Waals surface area contributed by atoms with Gasteiger partial charge in [-0.3, -0.25) is 9.59 Å². The number of aryl methyl sites for hydroxylation is 1. The maximum Gasteiger partial charge on any atom is 0.324 e. The maximum atomic E-state index is 13.6. The average Bonchev–Trinajstić information content (AvgIpc) is 3.20. The van der Waals surface area contributed by atoms with Crippen LogP contribution < -0.4 is 5.32 Å². The molecule has 1 N–H and O–H groups in total. The predicted octanol–water partition coefficient (Wildman–Crippen LogP) is 3.12. The lowest BCUT2D eigenvalue weighted by Gasteiger charge is -2.22. The number of rotatable bonds is 6. The van der Waals surface area contributed by atoms with Gasteiger partial charge in [0.2, 0.25) is 10.0 Å². The fraction of sp³-hybridized carbons (Fsp3) is 0.300. The van der Waals surface area contributed by atoms with Gasteiger partial charge < -0.3 is 10.1 Å². The molecule has 7 nitrogen and oxygen atoms in total. The Labute approximate surface area is 178 Å². The molecule has 2 aromatic carbocycles. The summed E-state index contributed by atoms with van der Waals surface area (Å²) >= 11 is 5.80. The van der Waals surface area contributed by atoms with Gasteiger partial charge in [-0.15, -0.1) is 0 Å². The predicted molar refractivity (Wildman–Crippen MR) is 109 cm³/mol. The normalized spacial score (nSPS) is 17.0. The second-order valence-electron chi connectivity index (χ2n) is 6.85. The van der Waals surface area contributed by atoms with Crippen molar-refractivity contribution in [2.45, 2.75) is 30.7 Å². The Morgan fingerprint density at radius 3 is 2.60 bits per heavy atom. The molecule has 0 saturated carbocycles. The van der Waals surface area contributed by atoms with Crippen molar-refractivity contribution in [2.75, 3.05) is 18.5 Å². The van der Waals surface area contributed by atoms with Gasteiger partial charge in [0.25, 0.3) is 5.91 Å². The lowest BCUT2D eigenvalue weighted by molar-refractivity contribution is -0.150. The first kappa shape index (κ1) is 22.2. The van der Waals surface area contributed by atoms with Gasteiger partial charge in [-0.2, -0.15) is 4.31 Å². The molecule has 0 bridgehead atoms. The van der Waals surface area contributed by atoms with Gasteiger partial charge in [0, 0.05) is 17.3 Å². The molecule has 30 heavy (non-hydrogen) atoms. The molecular formula is C20H20ClFN2O5S. The van der Waals surface area contributed by atoms with E-state index in [4.69, 9.17) is 16.3 Å². The minimum absolute atomic E-state index is 0.0192. The highest BCUT2D eigenvalue weighted by atomic mass is 35.5. The van der Waals surface area contributed by atoms with Crippen molar-refractivity contribution in [3.05, 3.63) is 58.9 Å². The van der Waals surface area contributed by atoms with Crippen molar-refractivity contribution < 1.29 is 27.1 Å². The minimum Gasteiger partial charge on any atom is -0.454 e. The Balaban J connectivity index is 1.62. The summed E-state index contributed by atoms with van der Waals surface area (Å²) < 4.78 is 45.4. The fourth-order valence-electron chi connectivity index (χ4n) is 3.11. The van der Waals surface area contributed by atoms with Crippen LogP contribution in [-0.2, 0) is 24.3 Å². The highest BCUT2D eigenvalue weighted by molar-refractivity contribution is 7.89. The molecular weight excluding hydrogens is 435 g/mol. The number of halogens is 2. The molecule has 0 aromatic heterocycles. The van der Waals surface area contributed by atoms with Crippen molar-refractivity contribution in [2.24, 2.45) is 0 Å². The van der Waals surface area contributed by atoms with Gasteiger partial charge in [0.1, 0.15) is 11.9 Å². The first-order valence-electron chi connectivity index (χ1n) is 9.18. The van der Waals surface area contributed by atoms with E-state index in [1.165, 1.54) is 36.4 Å². The molecule has 0 aliphatic carbocycles. The molecule has 0 radical (unpaired) electrons. The molecule has 0 unspecified atom stereocenters. The van der Waals surface area contributed by atoms with Crippen LogP contribution >= 0.6 is 11.6 Å². The van der Waals surface area contributed by atoms with Gasteiger partial charge >= 0.3 is 5.97 Å². The van der Waals surface area contributed by atoms with E-state index in [0.717, 1.165) is 10.4 Å². The van der Waals surface area contributed by atoms with Crippen LogP contribution in [-0.4, -0.2) is 43.8 Å². The van der Waals surface area contributed by atoms with Crippen molar-refractivity contribution in [1.29, 1.82) is 0 Å². The Hall–Kier alpha value is -2.49. The number of amides is 1. The third kappa shape index (κ3) is 4.97. The first-order chi connectivity index (χ1) is 14.2. The third-order valence-electron chi connectivity index (χ3n) is 4.70. The molecule has 1 heterocycles. The summed E-state index contributed by atoms with van der Waals surface area (Å²) in [5.41, 5.74) is 0.662. The van der Waals surface area contributed by atoms with E-state index < -0.39 is 40.4 Å². The molecule has 10 heteroatoms. The molecule has 1 aliphatic rings. The summed E-state index contributed by atoms with van der Waals surface area (Å²) in [6, 6.07) is 8.82. The summed E-state index contributed by atoms with van der Waals surface area (Å²) in [5, 5.41) is 2.82. The Morgan fingerprint density at radius 2 is 1.93 bits per heavy atom. The van der Waals surface area contributed by atoms with E-state index in [1.807, 2.05) is 0 Å². The zero-order chi connectivity index (χ0) is 21.9. The molecule has 0 spiro atoms. The SMILES string of the molecule is Cc1ccc(NC(=O)COC(=O)[C@@H]2CCCN2S(=O)(=O)c2ccc(Cl)cc2)cc1F. The van der Waals surface area contributed by atoms with Crippen LogP contribution in [0.3, 0.4) is 0 Å². The summed E-state index contributed by atoms with van der Waals surface area (Å²) in [6.45, 7) is 1.15. The van der Waals surface area contributed by atoms with Crippen molar-refractivity contribution in [3.8, 4) is 0 Å². The highest BCUT2D eigenvalue weighted by Gasteiger charge is 2.40. The number of nitrogens with zero attached hydrogens (tertiary/aromatic N) is 1. The third-order valence-corrected chi connectivity index (χ3v) is 6.87. The number of hydrogen-bond acceptors (Lipinski definition) is 5. The van der Waals surface area contributed by atoms with Crippen LogP contribution in [0.1, 0.15) is 18.4 Å². The van der Waals surface area contributed by atoms with Gasteiger partial charge in [-0.05, 0) is 61.7 Å². The second-order valence-corrected chi connectivity index (χ2v) is 9.17. The molecule has 1 saturated heterocycles. The molecule has 160 valence electrons. The van der Waals surface area contributed by atoms with Gasteiger partial charge in [0.15, 0.2) is 6.61 Å². The smallest absolute Gasteiger partial charge is 0.324 e. The van der Waals surface area contributed by atoms with Crippen molar-refractivity contribution >= 4 is 39.2 Å². The Morgan fingerprint density at radius 1 is 1.23 bits per heavy atom. The van der Waals surface area contributed by atoms with Gasteiger partial charge in [-0.25, -0.2) is 12.8 Å². The molecule has 1 aliphatic heterocycles. The molecule has 1 atom stereocenters. The number of carbonyl (C=O) groups excluding carboxylic acids is 2. The largest absolute Gasteiger partial charge is 0.454 e. The number of anilines is 1. The van der Waals surface area contributed by atoms with Crippen LogP contribution in [0.25, 0.3) is 0 Å². The van der Waals surface area contributed by atoms with E-state index in [-0.39, 0.29) is 23.5 Å². The molecule has 2 aromatic rings. The molecule has 3 rings (SSSR count). The van der Waals surface area contributed by atoms with Crippen molar-refractivity contribution in [3.63, 3.8) is 0 Å². The number of ether oxygens (including phenoxy) is 1. The molecule has 1 fully saturated rings. The van der Waals surface area contributed by atoms with E-state index in [0.29, 0.717) is 17.0 Å². The summed E-state index contributed by atoms with van der Waals surface area (Å²) in [6.07, 6.45) is 0.776. The first-order valence-corrected chi connectivity index (χ1v) is 11.0. The minimum atomic E-state index is -3.91.